The van der Waals surface area contributed by atoms with E-state index in [0.717, 1.165) is 6.20 Å². The molecule has 1 heterocycles. The number of aromatic nitrogens is 2. The fraction of sp³-hybridized carbons (Fsp3) is 0.0909. The first-order valence-corrected chi connectivity index (χ1v) is 5.15. The van der Waals surface area contributed by atoms with Gasteiger partial charge in [0.1, 0.15) is 5.82 Å². The van der Waals surface area contributed by atoms with Crippen LogP contribution in [0.4, 0.5) is 20.3 Å². The molecule has 0 aliphatic carbocycles. The molecule has 3 nitrogen and oxygen atoms in total. The van der Waals surface area contributed by atoms with Crippen molar-refractivity contribution in [2.24, 2.45) is 0 Å². The summed E-state index contributed by atoms with van der Waals surface area (Å²) in [7, 11) is 0. The van der Waals surface area contributed by atoms with Crippen LogP contribution in [0, 0.1) is 18.6 Å². The first-order valence-electron chi connectivity index (χ1n) is 4.77. The normalized spacial score (nSPS) is 10.4. The second-order valence-electron chi connectivity index (χ2n) is 3.42. The molecule has 2 aromatic rings. The Hall–Kier alpha value is -1.75. The maximum Gasteiger partial charge on any atom is 0.224 e. The first kappa shape index (κ1) is 11.7. The highest BCUT2D eigenvalue weighted by Crippen LogP contribution is 2.22. The van der Waals surface area contributed by atoms with Crippen LogP contribution >= 0.6 is 11.6 Å². The number of halogens is 3. The minimum absolute atomic E-state index is 0.0419. The van der Waals surface area contributed by atoms with Crippen LogP contribution < -0.4 is 5.32 Å². The van der Waals surface area contributed by atoms with Gasteiger partial charge in [0.2, 0.25) is 5.28 Å². The van der Waals surface area contributed by atoms with Gasteiger partial charge in [0, 0.05) is 5.69 Å². The van der Waals surface area contributed by atoms with Gasteiger partial charge >= 0.3 is 0 Å². The van der Waals surface area contributed by atoms with Crippen LogP contribution in [0.5, 0.6) is 0 Å². The molecular formula is C11H8ClF2N3. The lowest BCUT2D eigenvalue weighted by molar-refractivity contribution is 0.618. The Morgan fingerprint density at radius 3 is 2.76 bits per heavy atom. The van der Waals surface area contributed by atoms with Crippen LogP contribution in [0.1, 0.15) is 5.56 Å². The maximum atomic E-state index is 13.3. The smallest absolute Gasteiger partial charge is 0.224 e. The molecule has 0 radical (unpaired) electrons. The number of nitrogens with zero attached hydrogens (tertiary/aromatic N) is 2. The fourth-order valence-electron chi connectivity index (χ4n) is 1.33. The van der Waals surface area contributed by atoms with E-state index in [4.69, 9.17) is 11.6 Å². The molecule has 0 saturated carbocycles. The van der Waals surface area contributed by atoms with Crippen molar-refractivity contribution in [3.63, 3.8) is 0 Å². The van der Waals surface area contributed by atoms with E-state index in [1.54, 1.807) is 6.92 Å². The monoisotopic (exact) mass is 255 g/mol. The second-order valence-corrected chi connectivity index (χ2v) is 3.76. The van der Waals surface area contributed by atoms with Crippen LogP contribution in [0.2, 0.25) is 5.28 Å². The largest absolute Gasteiger partial charge is 0.337 e. The summed E-state index contributed by atoms with van der Waals surface area (Å²) in [5, 5.41) is 2.67. The van der Waals surface area contributed by atoms with Gasteiger partial charge in [-0.3, -0.25) is 0 Å². The number of rotatable bonds is 2. The highest BCUT2D eigenvalue weighted by molar-refractivity contribution is 6.28. The molecule has 0 aliphatic rings. The van der Waals surface area contributed by atoms with Crippen molar-refractivity contribution in [2.75, 3.05) is 5.32 Å². The average Bonchev–Trinajstić information content (AvgIpc) is 2.27. The summed E-state index contributed by atoms with van der Waals surface area (Å²) >= 11 is 5.56. The third kappa shape index (κ3) is 2.68. The quantitative estimate of drug-likeness (QED) is 0.835. The van der Waals surface area contributed by atoms with E-state index in [-0.39, 0.29) is 16.9 Å². The Morgan fingerprint density at radius 2 is 2.06 bits per heavy atom. The van der Waals surface area contributed by atoms with Crippen molar-refractivity contribution in [3.8, 4) is 0 Å². The molecule has 6 heteroatoms. The van der Waals surface area contributed by atoms with Gasteiger partial charge in [-0.25, -0.2) is 13.8 Å². The molecule has 2 rings (SSSR count). The predicted molar refractivity (Wildman–Crippen MR) is 61.4 cm³/mol. The summed E-state index contributed by atoms with van der Waals surface area (Å²) in [6, 6.07) is 4.11. The highest BCUT2D eigenvalue weighted by Gasteiger charge is 2.08. The van der Waals surface area contributed by atoms with E-state index in [1.165, 1.54) is 18.2 Å². The van der Waals surface area contributed by atoms with Gasteiger partial charge in [-0.15, -0.1) is 0 Å². The highest BCUT2D eigenvalue weighted by atomic mass is 35.5. The lowest BCUT2D eigenvalue weighted by Crippen LogP contribution is -2.00. The lowest BCUT2D eigenvalue weighted by atomic mass is 10.2. The Bertz CT molecular complexity index is 560. The van der Waals surface area contributed by atoms with Gasteiger partial charge < -0.3 is 5.32 Å². The van der Waals surface area contributed by atoms with Crippen LogP contribution in [-0.2, 0) is 0 Å². The summed E-state index contributed by atoms with van der Waals surface area (Å²) in [5.74, 6) is -1.02. The first-order chi connectivity index (χ1) is 8.06. The number of hydrogen-bond donors (Lipinski definition) is 1. The molecule has 1 N–H and O–H groups in total. The number of aryl methyl sites for hydroxylation is 1. The Kier molecular flexibility index (Phi) is 3.19. The third-order valence-electron chi connectivity index (χ3n) is 2.16. The molecule has 1 aromatic heterocycles. The van der Waals surface area contributed by atoms with Crippen molar-refractivity contribution in [1.29, 1.82) is 0 Å². The van der Waals surface area contributed by atoms with Gasteiger partial charge in [-0.05, 0) is 42.3 Å². The van der Waals surface area contributed by atoms with E-state index in [1.807, 2.05) is 0 Å². The van der Waals surface area contributed by atoms with Crippen molar-refractivity contribution >= 4 is 23.1 Å². The molecule has 0 atom stereocenters. The molecule has 0 saturated heterocycles. The minimum atomic E-state index is -0.627. The van der Waals surface area contributed by atoms with Crippen molar-refractivity contribution in [2.45, 2.75) is 6.92 Å². The zero-order valence-electron chi connectivity index (χ0n) is 8.84. The SMILES string of the molecule is Cc1cc(F)ccc1Nc1nc(Cl)ncc1F. The van der Waals surface area contributed by atoms with Gasteiger partial charge in [-0.2, -0.15) is 4.98 Å². The van der Waals surface area contributed by atoms with Crippen molar-refractivity contribution in [3.05, 3.63) is 46.9 Å². The van der Waals surface area contributed by atoms with E-state index in [2.05, 4.69) is 15.3 Å². The van der Waals surface area contributed by atoms with Crippen LogP contribution in [0.3, 0.4) is 0 Å². The Labute approximate surface area is 101 Å². The number of benzene rings is 1. The molecule has 17 heavy (non-hydrogen) atoms. The second kappa shape index (κ2) is 4.63. The topological polar surface area (TPSA) is 37.8 Å². The molecular weight excluding hydrogens is 248 g/mol. The standard InChI is InChI=1S/C11H8ClF2N3/c1-6-4-7(13)2-3-9(6)16-10-8(14)5-15-11(12)17-10/h2-5H,1H3,(H,15,16,17). The van der Waals surface area contributed by atoms with Gasteiger partial charge in [0.25, 0.3) is 0 Å². The van der Waals surface area contributed by atoms with Gasteiger partial charge in [0.15, 0.2) is 11.6 Å². The van der Waals surface area contributed by atoms with E-state index in [0.29, 0.717) is 11.3 Å². The van der Waals surface area contributed by atoms with Crippen molar-refractivity contribution in [1.82, 2.24) is 9.97 Å². The van der Waals surface area contributed by atoms with Crippen molar-refractivity contribution < 1.29 is 8.78 Å². The summed E-state index contributed by atoms with van der Waals surface area (Å²) in [4.78, 5) is 7.20. The van der Waals surface area contributed by atoms with Crippen LogP contribution in [0.15, 0.2) is 24.4 Å². The summed E-state index contributed by atoms with van der Waals surface area (Å²) in [6.45, 7) is 1.70. The fourth-order valence-corrected chi connectivity index (χ4v) is 1.46. The summed E-state index contributed by atoms with van der Waals surface area (Å²) in [6.07, 6.45) is 0.969. The molecule has 0 aliphatic heterocycles. The molecule has 0 spiro atoms. The molecule has 0 amide bonds. The number of hydrogen-bond acceptors (Lipinski definition) is 3. The molecule has 0 fully saturated rings. The zero-order valence-corrected chi connectivity index (χ0v) is 9.59. The maximum absolute atomic E-state index is 13.3. The predicted octanol–water partition coefficient (Wildman–Crippen LogP) is 3.46. The van der Waals surface area contributed by atoms with E-state index in [9.17, 15) is 8.78 Å². The minimum Gasteiger partial charge on any atom is -0.337 e. The number of nitrogens with one attached hydrogen (secondary N) is 1. The third-order valence-corrected chi connectivity index (χ3v) is 2.34. The molecule has 0 unspecified atom stereocenters. The van der Waals surface area contributed by atoms with Gasteiger partial charge in [0.05, 0.1) is 6.20 Å². The van der Waals surface area contributed by atoms with Crippen LogP contribution in [0.25, 0.3) is 0 Å². The van der Waals surface area contributed by atoms with Crippen LogP contribution in [-0.4, -0.2) is 9.97 Å². The number of anilines is 2. The lowest BCUT2D eigenvalue weighted by Gasteiger charge is -2.09. The van der Waals surface area contributed by atoms with E-state index >= 15 is 0 Å². The Morgan fingerprint density at radius 1 is 1.29 bits per heavy atom. The zero-order chi connectivity index (χ0) is 12.4. The van der Waals surface area contributed by atoms with Gasteiger partial charge in [-0.1, -0.05) is 0 Å². The Balaban J connectivity index is 2.34. The molecule has 0 bridgehead atoms. The molecule has 1 aromatic carbocycles. The average molecular weight is 256 g/mol. The molecule has 88 valence electrons. The summed E-state index contributed by atoms with van der Waals surface area (Å²) < 4.78 is 26.2. The van der Waals surface area contributed by atoms with E-state index < -0.39 is 5.82 Å². The summed E-state index contributed by atoms with van der Waals surface area (Å²) in [5.41, 5.74) is 1.19.